The van der Waals surface area contributed by atoms with Crippen LogP contribution in [0.5, 0.6) is 5.75 Å². The van der Waals surface area contributed by atoms with Crippen LogP contribution >= 0.6 is 11.6 Å². The lowest BCUT2D eigenvalue weighted by Crippen LogP contribution is -1.99. The molecule has 1 heterocycles. The van der Waals surface area contributed by atoms with Crippen LogP contribution in [0.4, 0.5) is 5.95 Å². The Bertz CT molecular complexity index is 572. The van der Waals surface area contributed by atoms with E-state index in [2.05, 4.69) is 15.3 Å². The van der Waals surface area contributed by atoms with Crippen LogP contribution in [-0.4, -0.2) is 24.1 Å². The highest BCUT2D eigenvalue weighted by atomic mass is 35.5. The standard InChI is InChI=1S/C13H14ClN3O/c1-8-6-11(17-13(15-2)16-8)9-4-5-12(18-3)10(14)7-9/h4-7H,1-3H3,(H,15,16,17). The van der Waals surface area contributed by atoms with Gasteiger partial charge in [-0.15, -0.1) is 0 Å². The van der Waals surface area contributed by atoms with E-state index in [0.717, 1.165) is 17.0 Å². The molecule has 0 atom stereocenters. The number of aryl methyl sites for hydroxylation is 1. The summed E-state index contributed by atoms with van der Waals surface area (Å²) in [6.07, 6.45) is 0. The third kappa shape index (κ3) is 2.54. The smallest absolute Gasteiger partial charge is 0.223 e. The second-order valence-electron chi connectivity index (χ2n) is 3.82. The average molecular weight is 264 g/mol. The second-order valence-corrected chi connectivity index (χ2v) is 4.22. The molecule has 1 N–H and O–H groups in total. The Morgan fingerprint density at radius 2 is 2.00 bits per heavy atom. The van der Waals surface area contributed by atoms with Gasteiger partial charge in [-0.3, -0.25) is 0 Å². The van der Waals surface area contributed by atoms with Gasteiger partial charge in [0.2, 0.25) is 5.95 Å². The zero-order chi connectivity index (χ0) is 13.1. The van der Waals surface area contributed by atoms with Crippen molar-refractivity contribution in [2.75, 3.05) is 19.5 Å². The van der Waals surface area contributed by atoms with Crippen molar-refractivity contribution in [3.05, 3.63) is 35.0 Å². The molecule has 2 rings (SSSR count). The molecule has 0 radical (unpaired) electrons. The highest BCUT2D eigenvalue weighted by Gasteiger charge is 2.07. The van der Waals surface area contributed by atoms with Crippen LogP contribution in [0, 0.1) is 6.92 Å². The zero-order valence-electron chi connectivity index (χ0n) is 10.5. The van der Waals surface area contributed by atoms with Gasteiger partial charge in [0, 0.05) is 18.3 Å². The third-order valence-corrected chi connectivity index (χ3v) is 2.82. The van der Waals surface area contributed by atoms with Gasteiger partial charge in [0.05, 0.1) is 17.8 Å². The van der Waals surface area contributed by atoms with Crippen LogP contribution < -0.4 is 10.1 Å². The molecule has 1 aromatic heterocycles. The highest BCUT2D eigenvalue weighted by molar-refractivity contribution is 6.32. The molecule has 0 saturated heterocycles. The lowest BCUT2D eigenvalue weighted by Gasteiger charge is -2.08. The Hall–Kier alpha value is -1.81. The number of nitrogens with zero attached hydrogens (tertiary/aromatic N) is 2. The van der Waals surface area contributed by atoms with Crippen LogP contribution in [0.3, 0.4) is 0 Å². The molecule has 94 valence electrons. The van der Waals surface area contributed by atoms with Gasteiger partial charge in [-0.2, -0.15) is 0 Å². The lowest BCUT2D eigenvalue weighted by molar-refractivity contribution is 0.415. The summed E-state index contributed by atoms with van der Waals surface area (Å²) >= 11 is 6.11. The summed E-state index contributed by atoms with van der Waals surface area (Å²) in [6.45, 7) is 1.93. The first kappa shape index (κ1) is 12.6. The second kappa shape index (κ2) is 5.23. The molecule has 0 unspecified atom stereocenters. The number of anilines is 1. The topological polar surface area (TPSA) is 47.0 Å². The minimum atomic E-state index is 0.567. The van der Waals surface area contributed by atoms with Gasteiger partial charge in [-0.25, -0.2) is 9.97 Å². The molecule has 18 heavy (non-hydrogen) atoms. The van der Waals surface area contributed by atoms with Gasteiger partial charge >= 0.3 is 0 Å². The molecule has 0 aliphatic heterocycles. The van der Waals surface area contributed by atoms with Gasteiger partial charge in [0.1, 0.15) is 5.75 Å². The van der Waals surface area contributed by atoms with E-state index in [1.54, 1.807) is 14.2 Å². The molecule has 0 fully saturated rings. The highest BCUT2D eigenvalue weighted by Crippen LogP contribution is 2.29. The number of benzene rings is 1. The summed E-state index contributed by atoms with van der Waals surface area (Å²) in [5.74, 6) is 1.25. The van der Waals surface area contributed by atoms with Crippen molar-refractivity contribution in [3.8, 4) is 17.0 Å². The summed E-state index contributed by atoms with van der Waals surface area (Å²) < 4.78 is 5.13. The number of rotatable bonds is 3. The molecule has 0 amide bonds. The summed E-state index contributed by atoms with van der Waals surface area (Å²) in [7, 11) is 3.38. The molecule has 2 aromatic rings. The van der Waals surface area contributed by atoms with E-state index in [4.69, 9.17) is 16.3 Å². The molecular formula is C13H14ClN3O. The Kier molecular flexibility index (Phi) is 3.67. The maximum Gasteiger partial charge on any atom is 0.223 e. The van der Waals surface area contributed by atoms with Gasteiger partial charge in [-0.05, 0) is 31.2 Å². The molecule has 0 saturated carbocycles. The molecule has 0 aliphatic rings. The van der Waals surface area contributed by atoms with Gasteiger partial charge in [-0.1, -0.05) is 11.6 Å². The van der Waals surface area contributed by atoms with Crippen molar-refractivity contribution in [1.82, 2.24) is 9.97 Å². The van der Waals surface area contributed by atoms with Gasteiger partial charge in [0.25, 0.3) is 0 Å². The summed E-state index contributed by atoms with van der Waals surface area (Å²) in [5, 5.41) is 3.50. The number of methoxy groups -OCH3 is 1. The fraction of sp³-hybridized carbons (Fsp3) is 0.231. The Morgan fingerprint density at radius 3 is 2.61 bits per heavy atom. The van der Waals surface area contributed by atoms with E-state index in [9.17, 15) is 0 Å². The minimum absolute atomic E-state index is 0.567. The molecule has 0 aliphatic carbocycles. The summed E-state index contributed by atoms with van der Waals surface area (Å²) in [6, 6.07) is 7.50. The van der Waals surface area contributed by atoms with Crippen LogP contribution in [0.1, 0.15) is 5.69 Å². The van der Waals surface area contributed by atoms with Crippen molar-refractivity contribution < 1.29 is 4.74 Å². The monoisotopic (exact) mass is 263 g/mol. The van der Waals surface area contributed by atoms with E-state index in [1.165, 1.54) is 0 Å². The van der Waals surface area contributed by atoms with Gasteiger partial charge < -0.3 is 10.1 Å². The van der Waals surface area contributed by atoms with E-state index in [1.807, 2.05) is 31.2 Å². The Morgan fingerprint density at radius 1 is 1.22 bits per heavy atom. The number of hydrogen-bond donors (Lipinski definition) is 1. The van der Waals surface area contributed by atoms with Crippen molar-refractivity contribution in [1.29, 1.82) is 0 Å². The fourth-order valence-corrected chi connectivity index (χ4v) is 1.91. The SMILES string of the molecule is CNc1nc(C)cc(-c2ccc(OC)c(Cl)c2)n1. The van der Waals surface area contributed by atoms with Crippen molar-refractivity contribution in [2.24, 2.45) is 0 Å². The Balaban J connectivity index is 2.48. The number of halogens is 1. The molecule has 0 bridgehead atoms. The quantitative estimate of drug-likeness (QED) is 0.924. The molecule has 5 heteroatoms. The van der Waals surface area contributed by atoms with E-state index in [-0.39, 0.29) is 0 Å². The van der Waals surface area contributed by atoms with Gasteiger partial charge in [0.15, 0.2) is 0 Å². The Labute approximate surface area is 111 Å². The molecule has 4 nitrogen and oxygen atoms in total. The predicted octanol–water partition coefficient (Wildman–Crippen LogP) is 3.16. The summed E-state index contributed by atoms with van der Waals surface area (Å²) in [4.78, 5) is 8.65. The maximum absolute atomic E-state index is 6.11. The first-order valence-electron chi connectivity index (χ1n) is 5.51. The van der Waals surface area contributed by atoms with Crippen LogP contribution in [0.25, 0.3) is 11.3 Å². The third-order valence-electron chi connectivity index (χ3n) is 2.53. The number of aromatic nitrogens is 2. The first-order valence-corrected chi connectivity index (χ1v) is 5.89. The summed E-state index contributed by atoms with van der Waals surface area (Å²) in [5.41, 5.74) is 2.66. The lowest BCUT2D eigenvalue weighted by atomic mass is 10.1. The minimum Gasteiger partial charge on any atom is -0.495 e. The maximum atomic E-state index is 6.11. The largest absolute Gasteiger partial charge is 0.495 e. The van der Waals surface area contributed by atoms with Crippen molar-refractivity contribution >= 4 is 17.5 Å². The van der Waals surface area contributed by atoms with Crippen LogP contribution in [0.15, 0.2) is 24.3 Å². The van der Waals surface area contributed by atoms with E-state index in [0.29, 0.717) is 16.7 Å². The zero-order valence-corrected chi connectivity index (χ0v) is 11.2. The normalized spacial score (nSPS) is 10.2. The van der Waals surface area contributed by atoms with Crippen molar-refractivity contribution in [2.45, 2.75) is 6.92 Å². The van der Waals surface area contributed by atoms with Crippen LogP contribution in [0.2, 0.25) is 5.02 Å². The predicted molar refractivity (Wildman–Crippen MR) is 73.3 cm³/mol. The number of nitrogens with one attached hydrogen (secondary N) is 1. The number of ether oxygens (including phenoxy) is 1. The van der Waals surface area contributed by atoms with E-state index >= 15 is 0 Å². The fourth-order valence-electron chi connectivity index (χ4n) is 1.65. The van der Waals surface area contributed by atoms with E-state index < -0.39 is 0 Å². The van der Waals surface area contributed by atoms with Crippen molar-refractivity contribution in [3.63, 3.8) is 0 Å². The average Bonchev–Trinajstić information content (AvgIpc) is 2.37. The molecule has 0 spiro atoms. The molecule has 1 aromatic carbocycles. The number of hydrogen-bond acceptors (Lipinski definition) is 4. The van der Waals surface area contributed by atoms with Crippen LogP contribution in [-0.2, 0) is 0 Å². The first-order chi connectivity index (χ1) is 8.63. The molecular weight excluding hydrogens is 250 g/mol.